The van der Waals surface area contributed by atoms with E-state index in [1.54, 1.807) is 0 Å². The molecule has 0 aliphatic carbocycles. The summed E-state index contributed by atoms with van der Waals surface area (Å²) in [6.45, 7) is 6.48. The number of amides is 1. The smallest absolute Gasteiger partial charge is 0.306 e. The van der Waals surface area contributed by atoms with Crippen LogP contribution < -0.4 is 5.32 Å². The van der Waals surface area contributed by atoms with E-state index in [4.69, 9.17) is 4.74 Å². The van der Waals surface area contributed by atoms with Gasteiger partial charge in [0.1, 0.15) is 6.10 Å². The number of carbonyl (C=O) groups excluding carboxylic acids is 2. The SMILES string of the molecule is CCCCC/C=C\C/C=C\C/C=C\CCCCCCC(CC(=O)NC(CO)C(O)CCCCCCCCCCCCCCC)OC(=O)CCCCCCC/C=C/CCCCCCCCCCC. The Labute approximate surface area is 416 Å². The predicted octanol–water partition coefficient (Wildman–Crippen LogP) is 18.2. The van der Waals surface area contributed by atoms with Gasteiger partial charge in [0, 0.05) is 6.42 Å². The highest BCUT2D eigenvalue weighted by molar-refractivity contribution is 5.77. The van der Waals surface area contributed by atoms with Gasteiger partial charge in [0.15, 0.2) is 0 Å². The molecular formula is C61H113NO5. The molecule has 0 aromatic rings. The summed E-state index contributed by atoms with van der Waals surface area (Å²) in [5.74, 6) is -0.494. The highest BCUT2D eigenvalue weighted by Crippen LogP contribution is 2.18. The molecule has 0 bridgehead atoms. The van der Waals surface area contributed by atoms with Gasteiger partial charge in [0.25, 0.3) is 0 Å². The first kappa shape index (κ1) is 64.8. The monoisotopic (exact) mass is 940 g/mol. The Bertz CT molecular complexity index is 1150. The van der Waals surface area contributed by atoms with Crippen molar-refractivity contribution in [2.75, 3.05) is 6.61 Å². The first-order valence-corrected chi connectivity index (χ1v) is 29.4. The summed E-state index contributed by atoms with van der Waals surface area (Å²) < 4.78 is 5.96. The molecule has 0 aliphatic heterocycles. The third-order valence-electron chi connectivity index (χ3n) is 13.4. The van der Waals surface area contributed by atoms with E-state index < -0.39 is 18.2 Å². The topological polar surface area (TPSA) is 95.9 Å². The number of hydrogen-bond acceptors (Lipinski definition) is 5. The maximum absolute atomic E-state index is 13.3. The Hall–Kier alpha value is -2.18. The predicted molar refractivity (Wildman–Crippen MR) is 292 cm³/mol. The molecule has 6 nitrogen and oxygen atoms in total. The fourth-order valence-electron chi connectivity index (χ4n) is 8.90. The Morgan fingerprint density at radius 3 is 1.19 bits per heavy atom. The Morgan fingerprint density at radius 2 is 0.761 bits per heavy atom. The summed E-state index contributed by atoms with van der Waals surface area (Å²) in [5.41, 5.74) is 0. The fraction of sp³-hybridized carbons (Fsp3) is 0.836. The second-order valence-electron chi connectivity index (χ2n) is 20.0. The van der Waals surface area contributed by atoms with Crippen LogP contribution in [0.4, 0.5) is 0 Å². The van der Waals surface area contributed by atoms with Gasteiger partial charge in [-0.05, 0) is 89.9 Å². The lowest BCUT2D eigenvalue weighted by Crippen LogP contribution is -2.46. The van der Waals surface area contributed by atoms with Crippen LogP contribution in [0, 0.1) is 0 Å². The lowest BCUT2D eigenvalue weighted by Gasteiger charge is -2.24. The number of ether oxygens (including phenoxy) is 1. The van der Waals surface area contributed by atoms with E-state index in [2.05, 4.69) is 74.7 Å². The third-order valence-corrected chi connectivity index (χ3v) is 13.4. The normalized spacial score (nSPS) is 13.4. The number of nitrogens with one attached hydrogen (secondary N) is 1. The van der Waals surface area contributed by atoms with Gasteiger partial charge in [-0.25, -0.2) is 0 Å². The van der Waals surface area contributed by atoms with Crippen LogP contribution in [0.1, 0.15) is 303 Å². The van der Waals surface area contributed by atoms with E-state index in [0.717, 1.165) is 89.9 Å². The average Bonchev–Trinajstić information content (AvgIpc) is 3.32. The standard InChI is InChI=1S/C61H113NO5/c1-4-7-10-13-16-19-22-25-27-29-31-33-36-39-42-45-48-51-54-61(66)67-57(52-49-46-43-40-37-35-32-30-28-26-23-20-17-14-11-8-5-2)55-60(65)62-58(56-63)59(64)53-50-47-44-41-38-34-24-21-18-15-12-9-6-3/h17,20,26,28,31-33,35,57-59,63-64H,4-16,18-19,21-25,27,29-30,34,36-56H2,1-3H3,(H,62,65)/b20-17-,28-26-,33-31+,35-32-. The highest BCUT2D eigenvalue weighted by Gasteiger charge is 2.24. The minimum absolute atomic E-state index is 0.0608. The van der Waals surface area contributed by atoms with Crippen LogP contribution in [0.2, 0.25) is 0 Å². The second kappa shape index (κ2) is 54.8. The number of esters is 1. The van der Waals surface area contributed by atoms with Crippen molar-refractivity contribution in [3.8, 4) is 0 Å². The number of hydrogen-bond donors (Lipinski definition) is 3. The van der Waals surface area contributed by atoms with Crippen molar-refractivity contribution in [1.29, 1.82) is 0 Å². The zero-order chi connectivity index (χ0) is 48.8. The molecule has 0 aromatic carbocycles. The Kier molecular flexibility index (Phi) is 53.0. The molecule has 0 saturated carbocycles. The minimum atomic E-state index is -0.796. The van der Waals surface area contributed by atoms with Gasteiger partial charge in [-0.1, -0.05) is 249 Å². The third kappa shape index (κ3) is 50.0. The number of rotatable bonds is 53. The van der Waals surface area contributed by atoms with Crippen LogP contribution in [0.15, 0.2) is 48.6 Å². The molecule has 6 heteroatoms. The maximum Gasteiger partial charge on any atom is 0.306 e. The average molecular weight is 941 g/mol. The molecule has 0 spiro atoms. The van der Waals surface area contributed by atoms with Gasteiger partial charge < -0.3 is 20.3 Å². The summed E-state index contributed by atoms with van der Waals surface area (Å²) in [6.07, 6.45) is 67.5. The van der Waals surface area contributed by atoms with Crippen LogP contribution in [-0.4, -0.2) is 46.9 Å². The summed E-state index contributed by atoms with van der Waals surface area (Å²) in [4.78, 5) is 26.3. The minimum Gasteiger partial charge on any atom is -0.462 e. The molecule has 0 fully saturated rings. The molecule has 67 heavy (non-hydrogen) atoms. The number of aliphatic hydroxyl groups is 2. The van der Waals surface area contributed by atoms with Crippen molar-refractivity contribution in [2.24, 2.45) is 0 Å². The van der Waals surface area contributed by atoms with Crippen molar-refractivity contribution < 1.29 is 24.5 Å². The second-order valence-corrected chi connectivity index (χ2v) is 20.0. The quantitative estimate of drug-likeness (QED) is 0.0321. The lowest BCUT2D eigenvalue weighted by atomic mass is 10.0. The van der Waals surface area contributed by atoms with E-state index in [1.807, 2.05) is 0 Å². The van der Waals surface area contributed by atoms with Crippen LogP contribution in [-0.2, 0) is 14.3 Å². The highest BCUT2D eigenvalue weighted by atomic mass is 16.5. The molecule has 3 N–H and O–H groups in total. The summed E-state index contributed by atoms with van der Waals surface area (Å²) >= 11 is 0. The van der Waals surface area contributed by atoms with E-state index in [0.29, 0.717) is 19.3 Å². The molecule has 0 aromatic heterocycles. The summed E-state index contributed by atoms with van der Waals surface area (Å²) in [6, 6.07) is -0.711. The molecule has 1 amide bonds. The van der Waals surface area contributed by atoms with E-state index in [-0.39, 0.29) is 24.9 Å². The Morgan fingerprint density at radius 1 is 0.433 bits per heavy atom. The molecule has 3 unspecified atom stereocenters. The van der Waals surface area contributed by atoms with Gasteiger partial charge in [0.05, 0.1) is 25.2 Å². The molecule has 0 rings (SSSR count). The molecule has 3 atom stereocenters. The summed E-state index contributed by atoms with van der Waals surface area (Å²) in [7, 11) is 0. The van der Waals surface area contributed by atoms with Crippen LogP contribution >= 0.6 is 0 Å². The van der Waals surface area contributed by atoms with Crippen LogP contribution in [0.3, 0.4) is 0 Å². The van der Waals surface area contributed by atoms with Crippen molar-refractivity contribution >= 4 is 11.9 Å². The number of allylic oxidation sites excluding steroid dienone is 8. The first-order chi connectivity index (χ1) is 33.0. The number of aliphatic hydroxyl groups excluding tert-OH is 2. The van der Waals surface area contributed by atoms with Crippen molar-refractivity contribution in [3.05, 3.63) is 48.6 Å². The summed E-state index contributed by atoms with van der Waals surface area (Å²) in [5, 5.41) is 23.9. The number of unbranched alkanes of at least 4 members (excludes halogenated alkanes) is 33. The molecule has 0 heterocycles. The van der Waals surface area contributed by atoms with Gasteiger partial charge in [-0.2, -0.15) is 0 Å². The van der Waals surface area contributed by atoms with Crippen LogP contribution in [0.25, 0.3) is 0 Å². The molecule has 392 valence electrons. The molecular weight excluding hydrogens is 827 g/mol. The zero-order valence-corrected chi connectivity index (χ0v) is 44.8. The van der Waals surface area contributed by atoms with Gasteiger partial charge in [-0.15, -0.1) is 0 Å². The zero-order valence-electron chi connectivity index (χ0n) is 44.8. The molecule has 0 radical (unpaired) electrons. The fourth-order valence-corrected chi connectivity index (χ4v) is 8.90. The van der Waals surface area contributed by atoms with Crippen molar-refractivity contribution in [2.45, 2.75) is 322 Å². The first-order valence-electron chi connectivity index (χ1n) is 29.4. The van der Waals surface area contributed by atoms with Crippen molar-refractivity contribution in [3.63, 3.8) is 0 Å². The maximum atomic E-state index is 13.3. The van der Waals surface area contributed by atoms with Gasteiger partial charge in [0.2, 0.25) is 5.91 Å². The van der Waals surface area contributed by atoms with Crippen LogP contribution in [0.5, 0.6) is 0 Å². The van der Waals surface area contributed by atoms with E-state index in [9.17, 15) is 19.8 Å². The van der Waals surface area contributed by atoms with Crippen molar-refractivity contribution in [1.82, 2.24) is 5.32 Å². The van der Waals surface area contributed by atoms with Gasteiger partial charge >= 0.3 is 5.97 Å². The van der Waals surface area contributed by atoms with E-state index in [1.165, 1.54) is 167 Å². The lowest BCUT2D eigenvalue weighted by molar-refractivity contribution is -0.151. The molecule has 0 aliphatic rings. The Balaban J connectivity index is 4.61. The largest absolute Gasteiger partial charge is 0.462 e. The van der Waals surface area contributed by atoms with E-state index >= 15 is 0 Å². The number of carbonyl (C=O) groups is 2. The van der Waals surface area contributed by atoms with Gasteiger partial charge in [-0.3, -0.25) is 9.59 Å². The molecule has 0 saturated heterocycles.